The predicted molar refractivity (Wildman–Crippen MR) is 133 cm³/mol. The fourth-order valence-electron chi connectivity index (χ4n) is 4.09. The Hall–Kier alpha value is -4.30. The zero-order valence-electron chi connectivity index (χ0n) is 19.7. The number of anilines is 1. The van der Waals surface area contributed by atoms with Gasteiger partial charge in [-0.2, -0.15) is 0 Å². The Labute approximate surface area is 202 Å². The van der Waals surface area contributed by atoms with E-state index in [0.29, 0.717) is 35.4 Å². The molecular weight excluding hydrogens is 446 g/mol. The Balaban J connectivity index is 1.67. The molecule has 5 rings (SSSR count). The third kappa shape index (κ3) is 4.31. The van der Waals surface area contributed by atoms with Crippen molar-refractivity contribution in [3.63, 3.8) is 0 Å². The Kier molecular flexibility index (Phi) is 6.12. The molecule has 8 heteroatoms. The highest BCUT2D eigenvalue weighted by Crippen LogP contribution is 2.44. The van der Waals surface area contributed by atoms with E-state index in [0.717, 1.165) is 33.6 Å². The standard InChI is InChI=1S/C27H25N3O5/c1-30(14-21-12-13-22(15-31)34-21)26-24-23(17-4-8-19(32-2)9-5-17)25(35-27(24)29-16-28-26)18-6-10-20(33-3)11-7-18/h4-13,16,31H,14-15H2,1-3H3. The highest BCUT2D eigenvalue weighted by molar-refractivity contribution is 6.06. The number of aliphatic hydroxyl groups is 1. The lowest BCUT2D eigenvalue weighted by Crippen LogP contribution is -2.17. The Morgan fingerprint density at radius 3 is 2.03 bits per heavy atom. The number of benzene rings is 2. The van der Waals surface area contributed by atoms with Crippen LogP contribution in [0.1, 0.15) is 11.5 Å². The van der Waals surface area contributed by atoms with Crippen molar-refractivity contribution in [1.29, 1.82) is 0 Å². The number of rotatable bonds is 8. The second kappa shape index (κ2) is 9.52. The van der Waals surface area contributed by atoms with Crippen LogP contribution < -0.4 is 14.4 Å². The van der Waals surface area contributed by atoms with Gasteiger partial charge in [-0.25, -0.2) is 9.97 Å². The molecule has 0 saturated carbocycles. The van der Waals surface area contributed by atoms with Crippen LogP contribution in [0.2, 0.25) is 0 Å². The summed E-state index contributed by atoms with van der Waals surface area (Å²) >= 11 is 0. The minimum atomic E-state index is -0.143. The second-order valence-corrected chi connectivity index (χ2v) is 8.02. The Bertz CT molecular complexity index is 1440. The predicted octanol–water partition coefficient (Wildman–Crippen LogP) is 5.30. The van der Waals surface area contributed by atoms with Gasteiger partial charge in [0.2, 0.25) is 5.71 Å². The molecule has 0 fully saturated rings. The summed E-state index contributed by atoms with van der Waals surface area (Å²) in [5.41, 5.74) is 3.20. The van der Waals surface area contributed by atoms with E-state index in [1.54, 1.807) is 20.3 Å². The molecule has 8 nitrogen and oxygen atoms in total. The SMILES string of the molecule is COc1ccc(-c2oc3ncnc(N(C)Cc4ccc(CO)o4)c3c2-c2ccc(OC)cc2)cc1. The van der Waals surface area contributed by atoms with Gasteiger partial charge in [0.05, 0.1) is 26.2 Å². The summed E-state index contributed by atoms with van der Waals surface area (Å²) in [5.74, 6) is 4.14. The molecule has 0 atom stereocenters. The molecule has 0 bridgehead atoms. The van der Waals surface area contributed by atoms with Gasteiger partial charge in [-0.05, 0) is 54.1 Å². The van der Waals surface area contributed by atoms with Crippen molar-refractivity contribution in [3.05, 3.63) is 78.5 Å². The summed E-state index contributed by atoms with van der Waals surface area (Å²) in [7, 11) is 5.21. The average molecular weight is 472 g/mol. The van der Waals surface area contributed by atoms with Crippen LogP contribution in [-0.4, -0.2) is 36.3 Å². The molecule has 0 aliphatic heterocycles. The van der Waals surface area contributed by atoms with Gasteiger partial charge >= 0.3 is 0 Å². The topological polar surface area (TPSA) is 94.0 Å². The summed E-state index contributed by atoms with van der Waals surface area (Å²) in [6.45, 7) is 0.313. The molecule has 3 heterocycles. The minimum Gasteiger partial charge on any atom is -0.497 e. The van der Waals surface area contributed by atoms with Crippen LogP contribution in [0.25, 0.3) is 33.6 Å². The first kappa shape index (κ1) is 22.5. The number of aliphatic hydroxyl groups excluding tert-OH is 1. The molecule has 0 spiro atoms. The van der Waals surface area contributed by atoms with Crippen molar-refractivity contribution in [2.75, 3.05) is 26.2 Å². The molecule has 1 N–H and O–H groups in total. The van der Waals surface area contributed by atoms with Crippen LogP contribution >= 0.6 is 0 Å². The van der Waals surface area contributed by atoms with Gasteiger partial charge in [-0.3, -0.25) is 0 Å². The highest BCUT2D eigenvalue weighted by atomic mass is 16.5. The maximum absolute atomic E-state index is 9.33. The van der Waals surface area contributed by atoms with Crippen molar-refractivity contribution in [2.24, 2.45) is 0 Å². The van der Waals surface area contributed by atoms with Crippen LogP contribution in [-0.2, 0) is 13.2 Å². The number of hydrogen-bond acceptors (Lipinski definition) is 8. The van der Waals surface area contributed by atoms with Gasteiger partial charge in [-0.15, -0.1) is 0 Å². The molecule has 0 aliphatic rings. The van der Waals surface area contributed by atoms with Crippen LogP contribution in [0, 0.1) is 0 Å². The van der Waals surface area contributed by atoms with E-state index in [4.69, 9.17) is 18.3 Å². The first-order valence-corrected chi connectivity index (χ1v) is 11.1. The molecule has 0 saturated heterocycles. The first-order chi connectivity index (χ1) is 17.1. The number of nitrogens with zero attached hydrogens (tertiary/aromatic N) is 3. The molecule has 0 aliphatic carbocycles. The molecule has 0 radical (unpaired) electrons. The van der Waals surface area contributed by atoms with Crippen molar-refractivity contribution >= 4 is 16.9 Å². The number of furan rings is 2. The quantitative estimate of drug-likeness (QED) is 0.326. The highest BCUT2D eigenvalue weighted by Gasteiger charge is 2.24. The fraction of sp³-hybridized carbons (Fsp3) is 0.185. The maximum atomic E-state index is 9.33. The van der Waals surface area contributed by atoms with E-state index in [9.17, 15) is 5.11 Å². The van der Waals surface area contributed by atoms with Crippen LogP contribution in [0.15, 0.2) is 75.8 Å². The summed E-state index contributed by atoms with van der Waals surface area (Å²) in [6, 6.07) is 19.1. The van der Waals surface area contributed by atoms with Crippen LogP contribution in [0.4, 0.5) is 5.82 Å². The lowest BCUT2D eigenvalue weighted by Gasteiger charge is -2.18. The third-order valence-corrected chi connectivity index (χ3v) is 5.83. The lowest BCUT2D eigenvalue weighted by molar-refractivity contribution is 0.243. The average Bonchev–Trinajstić information content (AvgIpc) is 3.53. The van der Waals surface area contributed by atoms with Gasteiger partial charge < -0.3 is 28.3 Å². The molecule has 35 heavy (non-hydrogen) atoms. The van der Waals surface area contributed by atoms with Gasteiger partial charge in [-0.1, -0.05) is 12.1 Å². The third-order valence-electron chi connectivity index (χ3n) is 5.83. The molecule has 0 unspecified atom stereocenters. The molecule has 178 valence electrons. The molecular formula is C27H25N3O5. The number of methoxy groups -OCH3 is 2. The van der Waals surface area contributed by atoms with E-state index in [-0.39, 0.29) is 6.61 Å². The zero-order chi connectivity index (χ0) is 24.4. The zero-order valence-corrected chi connectivity index (χ0v) is 19.7. The number of ether oxygens (including phenoxy) is 2. The molecule has 0 amide bonds. The van der Waals surface area contributed by atoms with E-state index in [1.165, 1.54) is 6.33 Å². The number of hydrogen-bond donors (Lipinski definition) is 1. The Morgan fingerprint density at radius 1 is 0.800 bits per heavy atom. The molecule has 3 aromatic heterocycles. The molecule has 2 aromatic carbocycles. The van der Waals surface area contributed by atoms with E-state index < -0.39 is 0 Å². The summed E-state index contributed by atoms with van der Waals surface area (Å²) in [6.07, 6.45) is 1.49. The summed E-state index contributed by atoms with van der Waals surface area (Å²) < 4.78 is 22.7. The Morgan fingerprint density at radius 2 is 1.43 bits per heavy atom. The van der Waals surface area contributed by atoms with E-state index in [1.807, 2.05) is 66.5 Å². The van der Waals surface area contributed by atoms with Crippen molar-refractivity contribution < 1.29 is 23.4 Å². The van der Waals surface area contributed by atoms with Gasteiger partial charge in [0, 0.05) is 18.2 Å². The van der Waals surface area contributed by atoms with Crippen molar-refractivity contribution in [2.45, 2.75) is 13.2 Å². The van der Waals surface area contributed by atoms with Gasteiger partial charge in [0.15, 0.2) is 0 Å². The van der Waals surface area contributed by atoms with Crippen LogP contribution in [0.3, 0.4) is 0 Å². The first-order valence-electron chi connectivity index (χ1n) is 11.1. The number of aromatic nitrogens is 2. The van der Waals surface area contributed by atoms with Crippen LogP contribution in [0.5, 0.6) is 11.5 Å². The lowest BCUT2D eigenvalue weighted by atomic mass is 9.99. The smallest absolute Gasteiger partial charge is 0.232 e. The van der Waals surface area contributed by atoms with E-state index in [2.05, 4.69) is 9.97 Å². The minimum absolute atomic E-state index is 0.143. The maximum Gasteiger partial charge on any atom is 0.232 e. The van der Waals surface area contributed by atoms with Crippen molar-refractivity contribution in [3.8, 4) is 33.9 Å². The largest absolute Gasteiger partial charge is 0.497 e. The summed E-state index contributed by atoms with van der Waals surface area (Å²) in [5, 5.41) is 10.1. The summed E-state index contributed by atoms with van der Waals surface area (Å²) in [4.78, 5) is 11.0. The monoisotopic (exact) mass is 471 g/mol. The normalized spacial score (nSPS) is 11.1. The van der Waals surface area contributed by atoms with Crippen molar-refractivity contribution in [1.82, 2.24) is 9.97 Å². The van der Waals surface area contributed by atoms with Gasteiger partial charge in [0.25, 0.3) is 0 Å². The van der Waals surface area contributed by atoms with E-state index >= 15 is 0 Å². The van der Waals surface area contributed by atoms with Gasteiger partial charge in [0.1, 0.15) is 47.5 Å². The molecule has 5 aromatic rings. The number of fused-ring (bicyclic) bond motifs is 1. The fourth-order valence-corrected chi connectivity index (χ4v) is 4.09. The second-order valence-electron chi connectivity index (χ2n) is 8.02.